The minimum atomic E-state index is -0.144. The van der Waals surface area contributed by atoms with Crippen molar-refractivity contribution in [1.29, 1.82) is 0 Å². The molecule has 14 heavy (non-hydrogen) atoms. The molecule has 1 fully saturated rings. The monoisotopic (exact) mass is 201 g/mol. The van der Waals surface area contributed by atoms with Crippen LogP contribution in [-0.2, 0) is 4.79 Å². The van der Waals surface area contributed by atoms with E-state index in [0.29, 0.717) is 0 Å². The second-order valence-electron chi connectivity index (χ2n) is 3.42. The van der Waals surface area contributed by atoms with Crippen molar-refractivity contribution in [2.24, 2.45) is 0 Å². The molecular weight excluding hydrogens is 178 g/mol. The SMILES string of the molecule is C=CC(=O)NC.CN1CCN(C)CC1.[HH]. The molecule has 0 saturated carbocycles. The van der Waals surface area contributed by atoms with Crippen LogP contribution in [0.4, 0.5) is 0 Å². The second-order valence-corrected chi connectivity index (χ2v) is 3.42. The van der Waals surface area contributed by atoms with E-state index in [-0.39, 0.29) is 7.33 Å². The topological polar surface area (TPSA) is 35.6 Å². The predicted octanol–water partition coefficient (Wildman–Crippen LogP) is 0.0280. The number of rotatable bonds is 1. The molecule has 0 unspecified atom stereocenters. The number of nitrogens with one attached hydrogen (secondary N) is 1. The van der Waals surface area contributed by atoms with Crippen molar-refractivity contribution in [2.45, 2.75) is 0 Å². The van der Waals surface area contributed by atoms with Crippen molar-refractivity contribution in [3.8, 4) is 0 Å². The normalized spacial score (nSPS) is 17.9. The van der Waals surface area contributed by atoms with Crippen molar-refractivity contribution >= 4 is 5.91 Å². The van der Waals surface area contributed by atoms with Crippen LogP contribution in [0.25, 0.3) is 0 Å². The van der Waals surface area contributed by atoms with Crippen LogP contribution in [0.1, 0.15) is 1.43 Å². The van der Waals surface area contributed by atoms with Crippen LogP contribution in [-0.4, -0.2) is 63.0 Å². The van der Waals surface area contributed by atoms with E-state index in [1.807, 2.05) is 0 Å². The van der Waals surface area contributed by atoms with Crippen molar-refractivity contribution < 1.29 is 6.22 Å². The lowest BCUT2D eigenvalue weighted by molar-refractivity contribution is -0.116. The van der Waals surface area contributed by atoms with Gasteiger partial charge in [0, 0.05) is 34.7 Å². The van der Waals surface area contributed by atoms with Gasteiger partial charge in [0.25, 0.3) is 0 Å². The molecule has 0 aromatic heterocycles. The highest BCUT2D eigenvalue weighted by molar-refractivity contribution is 5.86. The molecule has 1 saturated heterocycles. The second kappa shape index (κ2) is 7.53. The Morgan fingerprint density at radius 2 is 1.64 bits per heavy atom. The predicted molar refractivity (Wildman–Crippen MR) is 61.4 cm³/mol. The van der Waals surface area contributed by atoms with E-state index in [4.69, 9.17) is 0 Å². The Balaban J connectivity index is 0. The first-order chi connectivity index (χ1) is 6.60. The van der Waals surface area contributed by atoms with Gasteiger partial charge in [0.15, 0.2) is 0 Å². The third kappa shape index (κ3) is 6.62. The molecule has 1 rings (SSSR count). The third-order valence-corrected chi connectivity index (χ3v) is 2.16. The minimum Gasteiger partial charge on any atom is -0.356 e. The molecule has 0 atom stereocenters. The standard InChI is InChI=1S/C6H14N2.C4H7NO.H2/c1-7-3-5-8(2)6-4-7;1-3-4(6)5-2;/h3-6H2,1-2H3;3H,1H2,2H3,(H,5,6);1H. The van der Waals surface area contributed by atoms with Crippen LogP contribution in [0.2, 0.25) is 0 Å². The summed E-state index contributed by atoms with van der Waals surface area (Å²) in [5, 5.41) is 2.36. The number of nitrogens with zero attached hydrogens (tertiary/aromatic N) is 2. The van der Waals surface area contributed by atoms with Gasteiger partial charge in [-0.25, -0.2) is 0 Å². The molecule has 84 valence electrons. The van der Waals surface area contributed by atoms with Crippen molar-refractivity contribution in [3.05, 3.63) is 12.7 Å². The zero-order chi connectivity index (χ0) is 11.0. The molecule has 0 aliphatic carbocycles. The molecule has 4 nitrogen and oxygen atoms in total. The van der Waals surface area contributed by atoms with E-state index in [1.165, 1.54) is 32.3 Å². The quantitative estimate of drug-likeness (QED) is 0.608. The first-order valence-electron chi connectivity index (χ1n) is 4.81. The Morgan fingerprint density at radius 1 is 1.29 bits per heavy atom. The smallest absolute Gasteiger partial charge is 0.243 e. The molecule has 0 aromatic carbocycles. The molecular formula is C10H23N3O. The Labute approximate surface area is 88.0 Å². The summed E-state index contributed by atoms with van der Waals surface area (Å²) in [7, 11) is 5.91. The van der Waals surface area contributed by atoms with Gasteiger partial charge in [0.2, 0.25) is 5.91 Å². The van der Waals surface area contributed by atoms with E-state index >= 15 is 0 Å². The maximum absolute atomic E-state index is 9.95. The average Bonchev–Trinajstić information content (AvgIpc) is 2.22. The average molecular weight is 201 g/mol. The fourth-order valence-corrected chi connectivity index (χ4v) is 1.01. The number of hydrogen-bond donors (Lipinski definition) is 1. The fourth-order valence-electron chi connectivity index (χ4n) is 1.01. The lowest BCUT2D eigenvalue weighted by Gasteiger charge is -2.28. The van der Waals surface area contributed by atoms with Gasteiger partial charge in [-0.2, -0.15) is 0 Å². The molecule has 1 amide bonds. The lowest BCUT2D eigenvalue weighted by Crippen LogP contribution is -2.42. The van der Waals surface area contributed by atoms with Crippen LogP contribution >= 0.6 is 0 Å². The first kappa shape index (κ1) is 13.1. The van der Waals surface area contributed by atoms with E-state index in [2.05, 4.69) is 35.8 Å². The summed E-state index contributed by atoms with van der Waals surface area (Å²) in [6, 6.07) is 0. The first-order valence-corrected chi connectivity index (χ1v) is 4.81. The molecule has 0 aromatic rings. The zero-order valence-corrected chi connectivity index (χ0v) is 9.42. The molecule has 1 aliphatic heterocycles. The number of piperazine rings is 1. The fraction of sp³-hybridized carbons (Fsp3) is 0.700. The Hall–Kier alpha value is -0.870. The van der Waals surface area contributed by atoms with Crippen molar-refractivity contribution in [1.82, 2.24) is 15.1 Å². The summed E-state index contributed by atoms with van der Waals surface area (Å²) in [5.74, 6) is -0.144. The molecule has 1 heterocycles. The highest BCUT2D eigenvalue weighted by Gasteiger charge is 2.07. The van der Waals surface area contributed by atoms with Gasteiger partial charge in [-0.05, 0) is 20.2 Å². The summed E-state index contributed by atoms with van der Waals surface area (Å²) >= 11 is 0. The number of carbonyl (C=O) groups excluding carboxylic acids is 1. The lowest BCUT2D eigenvalue weighted by atomic mass is 10.4. The van der Waals surface area contributed by atoms with Crippen molar-refractivity contribution in [3.63, 3.8) is 0 Å². The number of amides is 1. The van der Waals surface area contributed by atoms with Crippen LogP contribution in [0.3, 0.4) is 0 Å². The van der Waals surface area contributed by atoms with Gasteiger partial charge in [-0.3, -0.25) is 4.79 Å². The van der Waals surface area contributed by atoms with Gasteiger partial charge in [-0.1, -0.05) is 6.58 Å². The van der Waals surface area contributed by atoms with Crippen molar-refractivity contribution in [2.75, 3.05) is 47.3 Å². The summed E-state index contributed by atoms with van der Waals surface area (Å²) < 4.78 is 0. The molecule has 4 heteroatoms. The molecule has 0 spiro atoms. The number of likely N-dealkylation sites (N-methyl/N-ethyl adjacent to an activating group) is 3. The van der Waals surface area contributed by atoms with Gasteiger partial charge >= 0.3 is 0 Å². The molecule has 1 N–H and O–H groups in total. The van der Waals surface area contributed by atoms with Gasteiger partial charge < -0.3 is 15.1 Å². The van der Waals surface area contributed by atoms with E-state index in [9.17, 15) is 4.79 Å². The van der Waals surface area contributed by atoms with Crippen LogP contribution in [0.5, 0.6) is 0 Å². The Morgan fingerprint density at radius 3 is 1.79 bits per heavy atom. The highest BCUT2D eigenvalue weighted by Crippen LogP contribution is 1.93. The zero-order valence-electron chi connectivity index (χ0n) is 9.42. The number of hydrogen-bond acceptors (Lipinski definition) is 3. The maximum atomic E-state index is 9.95. The Kier molecular flexibility index (Phi) is 7.06. The van der Waals surface area contributed by atoms with Crippen LogP contribution in [0.15, 0.2) is 12.7 Å². The summed E-state index contributed by atoms with van der Waals surface area (Å²) in [6.07, 6.45) is 1.22. The van der Waals surface area contributed by atoms with Crippen LogP contribution < -0.4 is 5.32 Å². The number of carbonyl (C=O) groups is 1. The van der Waals surface area contributed by atoms with Gasteiger partial charge in [-0.15, -0.1) is 0 Å². The summed E-state index contributed by atoms with van der Waals surface area (Å²) in [5.41, 5.74) is 0. The Bertz CT molecular complexity index is 170. The van der Waals surface area contributed by atoms with Crippen LogP contribution in [0, 0.1) is 0 Å². The van der Waals surface area contributed by atoms with E-state index < -0.39 is 0 Å². The summed E-state index contributed by atoms with van der Waals surface area (Å²) in [6.45, 7) is 8.15. The minimum absolute atomic E-state index is 0. The molecule has 0 radical (unpaired) electrons. The van der Waals surface area contributed by atoms with Gasteiger partial charge in [0.1, 0.15) is 0 Å². The highest BCUT2D eigenvalue weighted by atomic mass is 16.1. The van der Waals surface area contributed by atoms with Gasteiger partial charge in [0.05, 0.1) is 0 Å². The summed E-state index contributed by atoms with van der Waals surface area (Å²) in [4.78, 5) is 14.7. The molecule has 1 aliphatic rings. The maximum Gasteiger partial charge on any atom is 0.243 e. The third-order valence-electron chi connectivity index (χ3n) is 2.16. The largest absolute Gasteiger partial charge is 0.356 e. The molecule has 0 bridgehead atoms. The van der Waals surface area contributed by atoms with E-state index in [0.717, 1.165) is 0 Å². The van der Waals surface area contributed by atoms with E-state index in [1.54, 1.807) is 7.05 Å².